The van der Waals surface area contributed by atoms with Gasteiger partial charge in [0, 0.05) is 11.0 Å². The van der Waals surface area contributed by atoms with E-state index in [1.807, 2.05) is 24.3 Å². The maximum absolute atomic E-state index is 5.84. The summed E-state index contributed by atoms with van der Waals surface area (Å²) in [7, 11) is 0. The highest BCUT2D eigenvalue weighted by molar-refractivity contribution is 9.10. The van der Waals surface area contributed by atoms with Gasteiger partial charge in [-0.05, 0) is 68.5 Å². The van der Waals surface area contributed by atoms with Crippen LogP contribution >= 0.6 is 15.9 Å². The molecule has 0 aromatic heterocycles. The third kappa shape index (κ3) is 4.23. The van der Waals surface area contributed by atoms with Gasteiger partial charge in [-0.25, -0.2) is 0 Å². The van der Waals surface area contributed by atoms with Crippen LogP contribution in [0, 0.1) is 5.41 Å². The summed E-state index contributed by atoms with van der Waals surface area (Å²) < 4.78 is 6.94. The molecule has 0 N–H and O–H groups in total. The molecule has 0 bridgehead atoms. The number of piperidine rings is 1. The highest BCUT2D eigenvalue weighted by Crippen LogP contribution is 2.44. The van der Waals surface area contributed by atoms with Crippen LogP contribution in [0.1, 0.15) is 44.9 Å². The van der Waals surface area contributed by atoms with Crippen molar-refractivity contribution in [3.63, 3.8) is 0 Å². The Morgan fingerprint density at radius 3 is 2.29 bits per heavy atom. The smallest absolute Gasteiger partial charge is 0.119 e. The molecule has 3 rings (SSSR count). The van der Waals surface area contributed by atoms with E-state index in [2.05, 4.69) is 20.8 Å². The summed E-state index contributed by atoms with van der Waals surface area (Å²) in [5, 5.41) is 0. The first-order chi connectivity index (χ1) is 10.3. The van der Waals surface area contributed by atoms with Crippen LogP contribution in [-0.4, -0.2) is 31.1 Å². The topological polar surface area (TPSA) is 12.5 Å². The Bertz CT molecular complexity index is 429. The molecule has 1 saturated heterocycles. The third-order valence-corrected chi connectivity index (χ3v) is 5.85. The van der Waals surface area contributed by atoms with Crippen LogP contribution in [0.2, 0.25) is 0 Å². The predicted molar refractivity (Wildman–Crippen MR) is 90.8 cm³/mol. The molecular formula is C18H26BrNO. The first-order valence-corrected chi connectivity index (χ1v) is 9.16. The van der Waals surface area contributed by atoms with Crippen LogP contribution in [-0.2, 0) is 0 Å². The number of benzene rings is 1. The summed E-state index contributed by atoms with van der Waals surface area (Å²) in [6.45, 7) is 4.40. The van der Waals surface area contributed by atoms with E-state index in [0.717, 1.165) is 23.4 Å². The number of nitrogens with zero attached hydrogens (tertiary/aromatic N) is 1. The molecule has 2 fully saturated rings. The average Bonchev–Trinajstić information content (AvgIpc) is 2.52. The first-order valence-electron chi connectivity index (χ1n) is 8.37. The Labute approximate surface area is 137 Å². The fourth-order valence-electron chi connectivity index (χ4n) is 3.88. The van der Waals surface area contributed by atoms with Crippen LogP contribution in [0.25, 0.3) is 0 Å². The molecule has 0 amide bonds. The van der Waals surface area contributed by atoms with E-state index in [0.29, 0.717) is 5.41 Å². The van der Waals surface area contributed by atoms with E-state index >= 15 is 0 Å². The molecular weight excluding hydrogens is 326 g/mol. The summed E-state index contributed by atoms with van der Waals surface area (Å²) in [4.78, 5) is 2.58. The largest absolute Gasteiger partial charge is 0.492 e. The van der Waals surface area contributed by atoms with Crippen molar-refractivity contribution in [3.05, 3.63) is 28.7 Å². The van der Waals surface area contributed by atoms with Crippen molar-refractivity contribution < 1.29 is 4.74 Å². The van der Waals surface area contributed by atoms with Crippen LogP contribution in [0.3, 0.4) is 0 Å². The second-order valence-corrected chi connectivity index (χ2v) is 7.62. The van der Waals surface area contributed by atoms with E-state index in [-0.39, 0.29) is 0 Å². The maximum atomic E-state index is 5.84. The summed E-state index contributed by atoms with van der Waals surface area (Å²) in [6, 6.07) is 8.11. The van der Waals surface area contributed by atoms with Crippen LogP contribution in [0.15, 0.2) is 28.7 Å². The van der Waals surface area contributed by atoms with Gasteiger partial charge in [-0.15, -0.1) is 0 Å². The minimum Gasteiger partial charge on any atom is -0.492 e. The monoisotopic (exact) mass is 351 g/mol. The Morgan fingerprint density at radius 1 is 0.952 bits per heavy atom. The molecule has 1 aliphatic carbocycles. The fraction of sp³-hybridized carbons (Fsp3) is 0.667. The molecule has 116 valence electrons. The Hall–Kier alpha value is -0.540. The van der Waals surface area contributed by atoms with Gasteiger partial charge in [-0.1, -0.05) is 35.2 Å². The zero-order valence-electron chi connectivity index (χ0n) is 12.8. The molecule has 1 saturated carbocycles. The lowest BCUT2D eigenvalue weighted by molar-refractivity contribution is 0.0608. The fourth-order valence-corrected chi connectivity index (χ4v) is 4.14. The molecule has 2 nitrogen and oxygen atoms in total. The van der Waals surface area contributed by atoms with Gasteiger partial charge in [0.1, 0.15) is 12.4 Å². The third-order valence-electron chi connectivity index (χ3n) is 5.32. The molecule has 2 aliphatic rings. The molecule has 1 aliphatic heterocycles. The van der Waals surface area contributed by atoms with Crippen molar-refractivity contribution in [1.82, 2.24) is 4.90 Å². The van der Waals surface area contributed by atoms with Gasteiger partial charge >= 0.3 is 0 Å². The van der Waals surface area contributed by atoms with Gasteiger partial charge < -0.3 is 4.74 Å². The molecule has 1 heterocycles. The number of likely N-dealkylation sites (tertiary alicyclic amines) is 1. The van der Waals surface area contributed by atoms with Crippen molar-refractivity contribution in [2.75, 3.05) is 26.2 Å². The standard InChI is InChI=1S/C18H26BrNO/c19-16-4-6-17(7-5-16)21-15-14-20-12-10-18(11-13-20)8-2-1-3-9-18/h4-7H,1-3,8-15H2. The van der Waals surface area contributed by atoms with Gasteiger partial charge in [0.05, 0.1) is 0 Å². The molecule has 0 unspecified atom stereocenters. The normalized spacial score (nSPS) is 22.3. The van der Waals surface area contributed by atoms with E-state index in [9.17, 15) is 0 Å². The highest BCUT2D eigenvalue weighted by atomic mass is 79.9. The lowest BCUT2D eigenvalue weighted by Gasteiger charge is -2.44. The molecule has 1 spiro atoms. The highest BCUT2D eigenvalue weighted by Gasteiger charge is 2.35. The van der Waals surface area contributed by atoms with Crippen molar-refractivity contribution in [2.24, 2.45) is 5.41 Å². The zero-order chi connectivity index (χ0) is 14.5. The summed E-state index contributed by atoms with van der Waals surface area (Å²) in [6.07, 6.45) is 10.2. The minimum atomic E-state index is 0.710. The maximum Gasteiger partial charge on any atom is 0.119 e. The van der Waals surface area contributed by atoms with Gasteiger partial charge in [-0.3, -0.25) is 4.90 Å². The summed E-state index contributed by atoms with van der Waals surface area (Å²) >= 11 is 3.45. The van der Waals surface area contributed by atoms with E-state index in [1.54, 1.807) is 0 Å². The summed E-state index contributed by atoms with van der Waals surface area (Å²) in [5.74, 6) is 0.971. The van der Waals surface area contributed by atoms with Crippen molar-refractivity contribution in [3.8, 4) is 5.75 Å². The SMILES string of the molecule is Brc1ccc(OCCN2CCC3(CCCCC3)CC2)cc1. The zero-order valence-corrected chi connectivity index (χ0v) is 14.4. The molecule has 21 heavy (non-hydrogen) atoms. The number of hydrogen-bond donors (Lipinski definition) is 0. The Kier molecular flexibility index (Phi) is 5.23. The van der Waals surface area contributed by atoms with Gasteiger partial charge in [0.25, 0.3) is 0 Å². The second-order valence-electron chi connectivity index (χ2n) is 6.70. The van der Waals surface area contributed by atoms with Crippen LogP contribution in [0.4, 0.5) is 0 Å². The van der Waals surface area contributed by atoms with Gasteiger partial charge in [0.15, 0.2) is 0 Å². The second kappa shape index (κ2) is 7.15. The van der Waals surface area contributed by atoms with Gasteiger partial charge in [-0.2, -0.15) is 0 Å². The van der Waals surface area contributed by atoms with E-state index in [4.69, 9.17) is 4.74 Å². The molecule has 1 aromatic carbocycles. The van der Waals surface area contributed by atoms with Crippen molar-refractivity contribution in [2.45, 2.75) is 44.9 Å². The van der Waals surface area contributed by atoms with Gasteiger partial charge in [0.2, 0.25) is 0 Å². The van der Waals surface area contributed by atoms with E-state index in [1.165, 1.54) is 58.0 Å². The number of halogens is 1. The predicted octanol–water partition coefficient (Wildman–Crippen LogP) is 4.87. The molecule has 0 radical (unpaired) electrons. The van der Waals surface area contributed by atoms with E-state index < -0.39 is 0 Å². The molecule has 1 aromatic rings. The number of rotatable bonds is 4. The number of hydrogen-bond acceptors (Lipinski definition) is 2. The summed E-state index contributed by atoms with van der Waals surface area (Å²) in [5.41, 5.74) is 0.710. The lowest BCUT2D eigenvalue weighted by atomic mass is 9.68. The lowest BCUT2D eigenvalue weighted by Crippen LogP contribution is -2.42. The van der Waals surface area contributed by atoms with Crippen molar-refractivity contribution >= 4 is 15.9 Å². The number of ether oxygens (including phenoxy) is 1. The Morgan fingerprint density at radius 2 is 1.62 bits per heavy atom. The van der Waals surface area contributed by atoms with Crippen LogP contribution in [0.5, 0.6) is 5.75 Å². The quantitative estimate of drug-likeness (QED) is 0.766. The first kappa shape index (κ1) is 15.4. The Balaban J connectivity index is 1.38. The van der Waals surface area contributed by atoms with Crippen molar-refractivity contribution in [1.29, 1.82) is 0 Å². The molecule has 0 atom stereocenters. The molecule has 3 heteroatoms. The van der Waals surface area contributed by atoms with Crippen LogP contribution < -0.4 is 4.74 Å². The minimum absolute atomic E-state index is 0.710. The average molecular weight is 352 g/mol.